The first kappa shape index (κ1) is 16.7. The molecular formula is C17H15Cl2N3O2. The first-order valence-corrected chi connectivity index (χ1v) is 8.06. The minimum absolute atomic E-state index is 0.0381. The van der Waals surface area contributed by atoms with Gasteiger partial charge in [0.15, 0.2) is 5.65 Å². The smallest absolute Gasteiger partial charge is 0.273 e. The van der Waals surface area contributed by atoms with E-state index in [0.717, 1.165) is 5.56 Å². The molecule has 2 aromatic heterocycles. The van der Waals surface area contributed by atoms with Crippen molar-refractivity contribution in [3.63, 3.8) is 0 Å². The maximum Gasteiger partial charge on any atom is 0.334 e. The molecule has 0 amide bonds. The summed E-state index contributed by atoms with van der Waals surface area (Å²) in [6.07, 6.45) is 0. The van der Waals surface area contributed by atoms with Gasteiger partial charge in [0.25, 0.3) is 5.56 Å². The van der Waals surface area contributed by atoms with Gasteiger partial charge in [0.2, 0.25) is 0 Å². The van der Waals surface area contributed by atoms with Gasteiger partial charge in [-0.1, -0.05) is 62.2 Å². The molecule has 1 N–H and O–H groups in total. The molecule has 7 heteroatoms. The van der Waals surface area contributed by atoms with E-state index in [1.807, 2.05) is 45.0 Å². The average molecular weight is 364 g/mol. The predicted octanol–water partition coefficient (Wildman–Crippen LogP) is 3.68. The van der Waals surface area contributed by atoms with Gasteiger partial charge in [-0.3, -0.25) is 9.78 Å². The van der Waals surface area contributed by atoms with Crippen molar-refractivity contribution in [2.75, 3.05) is 0 Å². The Bertz CT molecular complexity index is 1060. The van der Waals surface area contributed by atoms with Crippen molar-refractivity contribution in [2.45, 2.75) is 26.2 Å². The van der Waals surface area contributed by atoms with Crippen LogP contribution >= 0.6 is 23.2 Å². The number of hydrogen-bond acceptors (Lipinski definition) is 3. The van der Waals surface area contributed by atoms with Gasteiger partial charge in [-0.15, -0.1) is 0 Å². The Hall–Kier alpha value is -2.11. The number of benzene rings is 1. The second kappa shape index (κ2) is 5.76. The van der Waals surface area contributed by atoms with Crippen LogP contribution in [-0.2, 0) is 5.41 Å². The molecule has 0 saturated carbocycles. The van der Waals surface area contributed by atoms with Gasteiger partial charge in [0.05, 0.1) is 16.1 Å². The van der Waals surface area contributed by atoms with Gasteiger partial charge in [-0.05, 0) is 23.1 Å². The molecule has 24 heavy (non-hydrogen) atoms. The van der Waals surface area contributed by atoms with Gasteiger partial charge < -0.3 is 0 Å². The SMILES string of the molecule is CC(C)(C)c1ccccc1-n1c(=O)[nH]c(=O)c2cc(Cl)c(Cl)nc21. The molecule has 0 radical (unpaired) electrons. The number of pyridine rings is 1. The molecule has 0 spiro atoms. The highest BCUT2D eigenvalue weighted by molar-refractivity contribution is 6.41. The summed E-state index contributed by atoms with van der Waals surface area (Å²) in [6, 6.07) is 8.90. The lowest BCUT2D eigenvalue weighted by Gasteiger charge is -2.23. The molecule has 0 saturated heterocycles. The zero-order valence-electron chi connectivity index (χ0n) is 13.4. The number of hydrogen-bond donors (Lipinski definition) is 1. The fourth-order valence-corrected chi connectivity index (χ4v) is 2.92. The Morgan fingerprint density at radius 1 is 1.12 bits per heavy atom. The van der Waals surface area contributed by atoms with Crippen LogP contribution in [0, 0.1) is 0 Å². The normalized spacial score (nSPS) is 11.9. The monoisotopic (exact) mass is 363 g/mol. The van der Waals surface area contributed by atoms with Gasteiger partial charge in [0.1, 0.15) is 5.15 Å². The van der Waals surface area contributed by atoms with Crippen molar-refractivity contribution in [2.24, 2.45) is 0 Å². The Balaban J connectivity index is 2.51. The van der Waals surface area contributed by atoms with Crippen LogP contribution in [-0.4, -0.2) is 14.5 Å². The van der Waals surface area contributed by atoms with Crippen LogP contribution < -0.4 is 11.2 Å². The number of nitrogens with one attached hydrogen (secondary N) is 1. The number of H-pyrrole nitrogens is 1. The Morgan fingerprint density at radius 3 is 2.46 bits per heavy atom. The molecule has 0 aliphatic heterocycles. The first-order valence-electron chi connectivity index (χ1n) is 7.31. The summed E-state index contributed by atoms with van der Waals surface area (Å²) >= 11 is 12.0. The molecule has 5 nitrogen and oxygen atoms in total. The number of aromatic nitrogens is 3. The topological polar surface area (TPSA) is 67.8 Å². The van der Waals surface area contributed by atoms with E-state index in [1.165, 1.54) is 10.6 Å². The summed E-state index contributed by atoms with van der Waals surface area (Å²) in [5, 5.41) is 0.396. The van der Waals surface area contributed by atoms with Crippen LogP contribution in [0.2, 0.25) is 10.2 Å². The van der Waals surface area contributed by atoms with E-state index in [4.69, 9.17) is 23.2 Å². The molecule has 1 aromatic carbocycles. The van der Waals surface area contributed by atoms with E-state index in [2.05, 4.69) is 9.97 Å². The molecule has 3 aromatic rings. The van der Waals surface area contributed by atoms with E-state index in [0.29, 0.717) is 5.69 Å². The fourth-order valence-electron chi connectivity index (χ4n) is 2.64. The zero-order valence-corrected chi connectivity index (χ0v) is 14.9. The lowest BCUT2D eigenvalue weighted by atomic mass is 9.85. The molecule has 0 fully saturated rings. The summed E-state index contributed by atoms with van der Waals surface area (Å²) in [5.41, 5.74) is 0.417. The van der Waals surface area contributed by atoms with E-state index in [9.17, 15) is 9.59 Å². The van der Waals surface area contributed by atoms with Gasteiger partial charge in [-0.25, -0.2) is 14.3 Å². The number of nitrogens with zero attached hydrogens (tertiary/aromatic N) is 2. The number of rotatable bonds is 1. The molecule has 0 atom stereocenters. The first-order chi connectivity index (χ1) is 11.2. The van der Waals surface area contributed by atoms with Gasteiger partial charge in [0, 0.05) is 0 Å². The Kier molecular flexibility index (Phi) is 4.01. The Labute approximate surface area is 147 Å². The van der Waals surface area contributed by atoms with Crippen molar-refractivity contribution >= 4 is 34.2 Å². The van der Waals surface area contributed by atoms with Crippen LogP contribution in [0.25, 0.3) is 16.7 Å². The van der Waals surface area contributed by atoms with Crippen LogP contribution in [0.4, 0.5) is 0 Å². The van der Waals surface area contributed by atoms with Crippen LogP contribution in [0.3, 0.4) is 0 Å². The van der Waals surface area contributed by atoms with Crippen molar-refractivity contribution in [3.8, 4) is 5.69 Å². The molecule has 0 aliphatic carbocycles. The average Bonchev–Trinajstić information content (AvgIpc) is 2.49. The molecule has 3 rings (SSSR count). The third-order valence-electron chi connectivity index (χ3n) is 3.75. The summed E-state index contributed by atoms with van der Waals surface area (Å²) in [6.45, 7) is 6.13. The van der Waals surface area contributed by atoms with Crippen LogP contribution in [0.1, 0.15) is 26.3 Å². The van der Waals surface area contributed by atoms with Crippen LogP contribution in [0.5, 0.6) is 0 Å². The summed E-state index contributed by atoms with van der Waals surface area (Å²) in [7, 11) is 0. The number of fused-ring (bicyclic) bond motifs is 1. The summed E-state index contributed by atoms with van der Waals surface area (Å²) in [4.78, 5) is 31.1. The maximum absolute atomic E-state index is 12.5. The highest BCUT2D eigenvalue weighted by Crippen LogP contribution is 2.29. The van der Waals surface area contributed by atoms with E-state index in [-0.39, 0.29) is 26.6 Å². The van der Waals surface area contributed by atoms with Crippen molar-refractivity contribution in [1.82, 2.24) is 14.5 Å². The standard InChI is InChI=1S/C17H15Cl2N3O2/c1-17(2,3)10-6-4-5-7-12(10)22-14-9(15(23)21-16(22)24)8-11(18)13(19)20-14/h4-8H,1-3H3,(H,21,23,24). The molecular weight excluding hydrogens is 349 g/mol. The molecule has 2 heterocycles. The zero-order chi connectivity index (χ0) is 17.6. The highest BCUT2D eigenvalue weighted by atomic mass is 35.5. The van der Waals surface area contributed by atoms with E-state index >= 15 is 0 Å². The number of halogens is 2. The van der Waals surface area contributed by atoms with Crippen molar-refractivity contribution in [3.05, 3.63) is 66.9 Å². The fraction of sp³-hybridized carbons (Fsp3) is 0.235. The third kappa shape index (κ3) is 2.74. The molecule has 0 unspecified atom stereocenters. The van der Waals surface area contributed by atoms with E-state index in [1.54, 1.807) is 0 Å². The summed E-state index contributed by atoms with van der Waals surface area (Å²) < 4.78 is 1.36. The van der Waals surface area contributed by atoms with E-state index < -0.39 is 11.2 Å². The number of aromatic amines is 1. The second-order valence-corrected chi connectivity index (χ2v) is 7.26. The second-order valence-electron chi connectivity index (χ2n) is 6.49. The van der Waals surface area contributed by atoms with Gasteiger partial charge in [-0.2, -0.15) is 0 Å². The summed E-state index contributed by atoms with van der Waals surface area (Å²) in [5.74, 6) is 0. The van der Waals surface area contributed by atoms with Crippen molar-refractivity contribution < 1.29 is 0 Å². The lowest BCUT2D eigenvalue weighted by Crippen LogP contribution is -2.31. The molecule has 124 valence electrons. The largest absolute Gasteiger partial charge is 0.334 e. The molecule has 0 bridgehead atoms. The molecule has 0 aliphatic rings. The number of para-hydroxylation sites is 1. The minimum Gasteiger partial charge on any atom is -0.273 e. The minimum atomic E-state index is -0.574. The van der Waals surface area contributed by atoms with Gasteiger partial charge >= 0.3 is 5.69 Å². The van der Waals surface area contributed by atoms with Crippen LogP contribution in [0.15, 0.2) is 39.9 Å². The third-order valence-corrected chi connectivity index (χ3v) is 4.42. The highest BCUT2D eigenvalue weighted by Gasteiger charge is 2.21. The quantitative estimate of drug-likeness (QED) is 0.670. The lowest BCUT2D eigenvalue weighted by molar-refractivity contribution is 0.585. The predicted molar refractivity (Wildman–Crippen MR) is 96.7 cm³/mol. The Morgan fingerprint density at radius 2 is 1.79 bits per heavy atom. The maximum atomic E-state index is 12.5. The van der Waals surface area contributed by atoms with Crippen molar-refractivity contribution in [1.29, 1.82) is 0 Å².